The Balaban J connectivity index is 1.77. The van der Waals surface area contributed by atoms with Crippen LogP contribution in [-0.4, -0.2) is 31.1 Å². The number of halogens is 1. The van der Waals surface area contributed by atoms with Gasteiger partial charge < -0.3 is 10.2 Å². The predicted octanol–water partition coefficient (Wildman–Crippen LogP) is 3.08. The molecule has 0 aromatic carbocycles. The first-order valence-electron chi connectivity index (χ1n) is 5.89. The van der Waals surface area contributed by atoms with Gasteiger partial charge >= 0.3 is 0 Å². The second kappa shape index (κ2) is 6.15. The van der Waals surface area contributed by atoms with Gasteiger partial charge in [0.1, 0.15) is 0 Å². The second-order valence-corrected chi connectivity index (χ2v) is 6.89. The summed E-state index contributed by atoms with van der Waals surface area (Å²) in [6, 6.07) is 2.91. The number of likely N-dealkylation sites (N-methyl/N-ethyl adjacent to an activating group) is 1. The van der Waals surface area contributed by atoms with Crippen LogP contribution in [-0.2, 0) is 6.54 Å². The maximum atomic E-state index is 3.59. The van der Waals surface area contributed by atoms with Crippen LogP contribution in [0.15, 0.2) is 15.2 Å². The van der Waals surface area contributed by atoms with Crippen molar-refractivity contribution in [3.05, 3.63) is 20.8 Å². The van der Waals surface area contributed by atoms with Crippen molar-refractivity contribution in [3.8, 4) is 0 Å². The molecule has 0 aliphatic carbocycles. The van der Waals surface area contributed by atoms with E-state index in [1.165, 1.54) is 35.2 Å². The fourth-order valence-electron chi connectivity index (χ4n) is 2.26. The molecule has 2 heterocycles. The van der Waals surface area contributed by atoms with E-state index in [1.807, 2.05) is 0 Å². The number of hydrogen-bond acceptors (Lipinski definition) is 3. The van der Waals surface area contributed by atoms with Crippen molar-refractivity contribution in [1.29, 1.82) is 0 Å². The monoisotopic (exact) mass is 302 g/mol. The summed E-state index contributed by atoms with van der Waals surface area (Å²) in [7, 11) is 2.21. The van der Waals surface area contributed by atoms with E-state index in [2.05, 4.69) is 44.6 Å². The second-order valence-electron chi connectivity index (χ2n) is 4.60. The van der Waals surface area contributed by atoms with E-state index in [0.717, 1.165) is 13.1 Å². The van der Waals surface area contributed by atoms with Crippen molar-refractivity contribution in [1.82, 2.24) is 10.2 Å². The molecule has 1 N–H and O–H groups in total. The van der Waals surface area contributed by atoms with Gasteiger partial charge in [-0.05, 0) is 59.4 Å². The van der Waals surface area contributed by atoms with Gasteiger partial charge in [-0.15, -0.1) is 11.3 Å². The van der Waals surface area contributed by atoms with Crippen LogP contribution >= 0.6 is 27.3 Å². The van der Waals surface area contributed by atoms with Crippen LogP contribution < -0.4 is 5.32 Å². The highest BCUT2D eigenvalue weighted by atomic mass is 79.9. The Morgan fingerprint density at radius 2 is 2.44 bits per heavy atom. The largest absolute Gasteiger partial charge is 0.313 e. The summed E-state index contributed by atoms with van der Waals surface area (Å²) in [4.78, 5) is 2.41. The van der Waals surface area contributed by atoms with Gasteiger partial charge in [-0.3, -0.25) is 0 Å². The fourth-order valence-corrected chi connectivity index (χ4v) is 3.46. The highest BCUT2D eigenvalue weighted by Crippen LogP contribution is 2.21. The smallest absolute Gasteiger partial charge is 0.0701 e. The summed E-state index contributed by atoms with van der Waals surface area (Å²) in [6.45, 7) is 3.41. The van der Waals surface area contributed by atoms with E-state index in [9.17, 15) is 0 Å². The number of nitrogens with zero attached hydrogens (tertiary/aromatic N) is 1. The summed E-state index contributed by atoms with van der Waals surface area (Å²) in [5.74, 6) is 0. The first-order chi connectivity index (χ1) is 7.74. The Morgan fingerprint density at radius 1 is 1.56 bits per heavy atom. The van der Waals surface area contributed by atoms with Gasteiger partial charge in [0.2, 0.25) is 0 Å². The molecule has 0 saturated carbocycles. The lowest BCUT2D eigenvalue weighted by atomic mass is 10.0. The molecule has 0 bridgehead atoms. The van der Waals surface area contributed by atoms with Crippen LogP contribution in [0.3, 0.4) is 0 Å². The molecular weight excluding hydrogens is 284 g/mol. The zero-order chi connectivity index (χ0) is 11.4. The molecule has 1 unspecified atom stereocenters. The topological polar surface area (TPSA) is 15.3 Å². The molecule has 1 fully saturated rings. The highest BCUT2D eigenvalue weighted by molar-refractivity contribution is 9.11. The van der Waals surface area contributed by atoms with Gasteiger partial charge in [-0.1, -0.05) is 6.42 Å². The molecule has 1 aromatic rings. The van der Waals surface area contributed by atoms with Gasteiger partial charge in [0.05, 0.1) is 3.79 Å². The van der Waals surface area contributed by atoms with Gasteiger partial charge in [0.25, 0.3) is 0 Å². The molecule has 2 nitrogen and oxygen atoms in total. The standard InChI is InChI=1S/C12H19BrN2S/c1-15(7-10-6-12(13)16-9-10)8-11-4-2-3-5-14-11/h6,9,11,14H,2-5,7-8H2,1H3. The van der Waals surface area contributed by atoms with Crippen molar-refractivity contribution in [2.75, 3.05) is 20.1 Å². The zero-order valence-electron chi connectivity index (χ0n) is 9.71. The summed E-state index contributed by atoms with van der Waals surface area (Å²) in [5, 5.41) is 5.82. The van der Waals surface area contributed by atoms with Crippen molar-refractivity contribution >= 4 is 27.3 Å². The number of nitrogens with one attached hydrogen (secondary N) is 1. The van der Waals surface area contributed by atoms with E-state index < -0.39 is 0 Å². The first-order valence-corrected chi connectivity index (χ1v) is 7.56. The number of thiophene rings is 1. The average Bonchev–Trinajstić information content (AvgIpc) is 2.65. The Bertz CT molecular complexity index is 321. The van der Waals surface area contributed by atoms with Gasteiger partial charge in [0.15, 0.2) is 0 Å². The Morgan fingerprint density at radius 3 is 3.06 bits per heavy atom. The number of hydrogen-bond donors (Lipinski definition) is 1. The maximum Gasteiger partial charge on any atom is 0.0701 e. The lowest BCUT2D eigenvalue weighted by molar-refractivity contribution is 0.256. The minimum absolute atomic E-state index is 0.695. The molecule has 1 saturated heterocycles. The SMILES string of the molecule is CN(Cc1csc(Br)c1)CC1CCCCN1. The first kappa shape index (κ1) is 12.6. The van der Waals surface area contributed by atoms with E-state index >= 15 is 0 Å². The molecule has 16 heavy (non-hydrogen) atoms. The normalized spacial score (nSPS) is 21.6. The van der Waals surface area contributed by atoms with E-state index in [1.54, 1.807) is 11.3 Å². The fraction of sp³-hybridized carbons (Fsp3) is 0.667. The summed E-state index contributed by atoms with van der Waals surface area (Å²) >= 11 is 5.28. The third-order valence-electron chi connectivity index (χ3n) is 3.02. The number of piperidine rings is 1. The Hall–Kier alpha value is 0.1000. The van der Waals surface area contributed by atoms with Crippen LogP contribution in [0.25, 0.3) is 0 Å². The molecule has 0 spiro atoms. The molecule has 0 amide bonds. The minimum atomic E-state index is 0.695. The maximum absolute atomic E-state index is 3.59. The van der Waals surface area contributed by atoms with Crippen LogP contribution in [0.2, 0.25) is 0 Å². The van der Waals surface area contributed by atoms with E-state index in [0.29, 0.717) is 6.04 Å². The van der Waals surface area contributed by atoms with E-state index in [-0.39, 0.29) is 0 Å². The molecule has 90 valence electrons. The van der Waals surface area contributed by atoms with Crippen LogP contribution in [0.1, 0.15) is 24.8 Å². The molecule has 1 atom stereocenters. The van der Waals surface area contributed by atoms with E-state index in [4.69, 9.17) is 0 Å². The minimum Gasteiger partial charge on any atom is -0.313 e. The molecular formula is C12H19BrN2S. The van der Waals surface area contributed by atoms with Crippen LogP contribution in [0.5, 0.6) is 0 Å². The lowest BCUT2D eigenvalue weighted by Crippen LogP contribution is -2.42. The quantitative estimate of drug-likeness (QED) is 0.919. The summed E-state index contributed by atoms with van der Waals surface area (Å²) in [5.41, 5.74) is 1.41. The average molecular weight is 303 g/mol. The van der Waals surface area contributed by atoms with Crippen LogP contribution in [0, 0.1) is 0 Å². The van der Waals surface area contributed by atoms with Crippen LogP contribution in [0.4, 0.5) is 0 Å². The Kier molecular flexibility index (Phi) is 4.82. The molecule has 1 aromatic heterocycles. The third kappa shape index (κ3) is 3.84. The van der Waals surface area contributed by atoms with Crippen molar-refractivity contribution < 1.29 is 0 Å². The van der Waals surface area contributed by atoms with Gasteiger partial charge in [-0.2, -0.15) is 0 Å². The van der Waals surface area contributed by atoms with Crippen molar-refractivity contribution in [2.24, 2.45) is 0 Å². The zero-order valence-corrected chi connectivity index (χ0v) is 12.1. The van der Waals surface area contributed by atoms with Crippen molar-refractivity contribution in [2.45, 2.75) is 31.8 Å². The third-order valence-corrected chi connectivity index (χ3v) is 4.57. The Labute approximate surface area is 110 Å². The van der Waals surface area contributed by atoms with Gasteiger partial charge in [0, 0.05) is 19.1 Å². The highest BCUT2D eigenvalue weighted by Gasteiger charge is 2.14. The van der Waals surface area contributed by atoms with Gasteiger partial charge in [-0.25, -0.2) is 0 Å². The molecule has 1 aliphatic heterocycles. The molecule has 4 heteroatoms. The number of rotatable bonds is 4. The van der Waals surface area contributed by atoms with Crippen molar-refractivity contribution in [3.63, 3.8) is 0 Å². The molecule has 2 rings (SSSR count). The summed E-state index contributed by atoms with van der Waals surface area (Å²) in [6.07, 6.45) is 4.06. The lowest BCUT2D eigenvalue weighted by Gasteiger charge is -2.28. The summed E-state index contributed by atoms with van der Waals surface area (Å²) < 4.78 is 1.23. The predicted molar refractivity (Wildman–Crippen MR) is 74.0 cm³/mol. The molecule has 1 aliphatic rings. The molecule has 0 radical (unpaired) electrons.